The van der Waals surface area contributed by atoms with Gasteiger partial charge in [0.2, 0.25) is 0 Å². The molecule has 0 aliphatic carbocycles. The first-order valence-electron chi connectivity index (χ1n) is 6.73. The Kier molecular flexibility index (Phi) is 3.98. The van der Waals surface area contributed by atoms with Gasteiger partial charge in [0.05, 0.1) is 19.4 Å². The number of hydrogen-bond donors (Lipinski definition) is 1. The zero-order valence-electron chi connectivity index (χ0n) is 11.4. The van der Waals surface area contributed by atoms with Gasteiger partial charge < -0.3 is 14.0 Å². The Bertz CT molecular complexity index is 587. The number of carboxylic acid groups (broad SMARTS) is 1. The van der Waals surface area contributed by atoms with Crippen molar-refractivity contribution in [3.63, 3.8) is 0 Å². The Morgan fingerprint density at radius 2 is 2.05 bits per heavy atom. The fourth-order valence-electron chi connectivity index (χ4n) is 2.32. The Labute approximate surface area is 120 Å². The van der Waals surface area contributed by atoms with Gasteiger partial charge in [0.1, 0.15) is 0 Å². The first-order valence-corrected chi connectivity index (χ1v) is 6.73. The minimum absolute atomic E-state index is 0.0959. The van der Waals surface area contributed by atoms with Crippen molar-refractivity contribution in [3.05, 3.63) is 24.2 Å². The molecule has 112 valence electrons. The third-order valence-electron chi connectivity index (χ3n) is 3.39. The van der Waals surface area contributed by atoms with E-state index >= 15 is 0 Å². The van der Waals surface area contributed by atoms with Gasteiger partial charge in [-0.15, -0.1) is 0 Å². The van der Waals surface area contributed by atoms with Crippen molar-refractivity contribution in [1.82, 2.24) is 19.9 Å². The lowest BCUT2D eigenvalue weighted by atomic mass is 10.3. The second kappa shape index (κ2) is 6.06. The van der Waals surface area contributed by atoms with Gasteiger partial charge in [-0.1, -0.05) is 5.16 Å². The molecule has 1 N–H and O–H groups in total. The number of hydrogen-bond acceptors (Lipinski definition) is 7. The molecule has 0 saturated carbocycles. The summed E-state index contributed by atoms with van der Waals surface area (Å²) in [6, 6.07) is 3.53. The van der Waals surface area contributed by atoms with Crippen LogP contribution in [0.4, 0.5) is 0 Å². The van der Waals surface area contributed by atoms with Gasteiger partial charge >= 0.3 is 5.97 Å². The highest BCUT2D eigenvalue weighted by Crippen LogP contribution is 2.17. The van der Waals surface area contributed by atoms with E-state index in [1.165, 1.54) is 0 Å². The van der Waals surface area contributed by atoms with Crippen LogP contribution in [0.3, 0.4) is 0 Å². The maximum atomic E-state index is 10.7. The van der Waals surface area contributed by atoms with Crippen molar-refractivity contribution in [2.75, 3.05) is 32.7 Å². The number of aromatic nitrogens is 2. The van der Waals surface area contributed by atoms with Crippen LogP contribution in [0.15, 0.2) is 27.3 Å². The average Bonchev–Trinajstić information content (AvgIpc) is 3.11. The maximum absolute atomic E-state index is 10.7. The smallest absolute Gasteiger partial charge is 0.317 e. The maximum Gasteiger partial charge on any atom is 0.317 e. The van der Waals surface area contributed by atoms with Crippen molar-refractivity contribution in [2.45, 2.75) is 6.54 Å². The quantitative estimate of drug-likeness (QED) is 0.852. The van der Waals surface area contributed by atoms with Gasteiger partial charge in [-0.25, -0.2) is 0 Å². The molecule has 8 nitrogen and oxygen atoms in total. The average molecular weight is 292 g/mol. The van der Waals surface area contributed by atoms with E-state index in [1.807, 2.05) is 4.90 Å². The van der Waals surface area contributed by atoms with Crippen LogP contribution in [-0.4, -0.2) is 63.7 Å². The minimum Gasteiger partial charge on any atom is -0.480 e. The predicted octanol–water partition coefficient (Wildman–Crippen LogP) is 0.532. The summed E-state index contributed by atoms with van der Waals surface area (Å²) in [6.07, 6.45) is 1.56. The van der Waals surface area contributed by atoms with E-state index in [4.69, 9.17) is 14.0 Å². The second-order valence-corrected chi connectivity index (χ2v) is 4.94. The molecule has 3 heterocycles. The molecular formula is C13H16N4O4. The molecule has 3 rings (SSSR count). The second-order valence-electron chi connectivity index (χ2n) is 4.94. The van der Waals surface area contributed by atoms with E-state index in [0.717, 1.165) is 26.2 Å². The standard InChI is InChI=1S/C13H16N4O4/c18-12(19)9-17-5-3-16(4-6-17)8-11-14-13(21-15-11)10-2-1-7-20-10/h1-2,7H,3-6,8-9H2,(H,18,19). The molecule has 0 aromatic carbocycles. The Balaban J connectivity index is 1.53. The summed E-state index contributed by atoms with van der Waals surface area (Å²) >= 11 is 0. The van der Waals surface area contributed by atoms with Gasteiger partial charge in [0, 0.05) is 26.2 Å². The molecule has 0 spiro atoms. The van der Waals surface area contributed by atoms with Crippen LogP contribution in [0.5, 0.6) is 0 Å². The highest BCUT2D eigenvalue weighted by atomic mass is 16.5. The summed E-state index contributed by atoms with van der Waals surface area (Å²) in [6.45, 7) is 3.73. The first-order chi connectivity index (χ1) is 10.2. The van der Waals surface area contributed by atoms with Gasteiger partial charge in [-0.3, -0.25) is 14.6 Å². The van der Waals surface area contributed by atoms with Crippen molar-refractivity contribution < 1.29 is 18.8 Å². The number of piperazine rings is 1. The Morgan fingerprint density at radius 3 is 2.71 bits per heavy atom. The highest BCUT2D eigenvalue weighted by Gasteiger charge is 2.20. The van der Waals surface area contributed by atoms with E-state index in [9.17, 15) is 4.79 Å². The molecule has 2 aromatic rings. The fourth-order valence-corrected chi connectivity index (χ4v) is 2.32. The first kappa shape index (κ1) is 13.8. The Hall–Kier alpha value is -2.19. The molecule has 1 aliphatic heterocycles. The SMILES string of the molecule is O=C(O)CN1CCN(Cc2noc(-c3ccco3)n2)CC1. The number of carbonyl (C=O) groups is 1. The molecule has 1 saturated heterocycles. The summed E-state index contributed by atoms with van der Waals surface area (Å²) in [5.74, 6) is 0.748. The Morgan fingerprint density at radius 1 is 1.29 bits per heavy atom. The summed E-state index contributed by atoms with van der Waals surface area (Å²) in [5.41, 5.74) is 0. The molecule has 21 heavy (non-hydrogen) atoms. The molecule has 0 bridgehead atoms. The molecule has 0 amide bonds. The zero-order chi connectivity index (χ0) is 14.7. The van der Waals surface area contributed by atoms with Crippen molar-refractivity contribution >= 4 is 5.97 Å². The van der Waals surface area contributed by atoms with E-state index < -0.39 is 5.97 Å². The van der Waals surface area contributed by atoms with Crippen LogP contribution in [0, 0.1) is 0 Å². The minimum atomic E-state index is -0.787. The van der Waals surface area contributed by atoms with Crippen LogP contribution in [-0.2, 0) is 11.3 Å². The van der Waals surface area contributed by atoms with Crippen LogP contribution < -0.4 is 0 Å². The van der Waals surface area contributed by atoms with Crippen LogP contribution in [0.1, 0.15) is 5.82 Å². The molecule has 1 aliphatic rings. The molecule has 0 atom stereocenters. The lowest BCUT2D eigenvalue weighted by Gasteiger charge is -2.32. The zero-order valence-corrected chi connectivity index (χ0v) is 11.4. The van der Waals surface area contributed by atoms with Crippen molar-refractivity contribution in [2.24, 2.45) is 0 Å². The van der Waals surface area contributed by atoms with Gasteiger partial charge in [0.15, 0.2) is 11.6 Å². The number of nitrogens with zero attached hydrogens (tertiary/aromatic N) is 4. The normalized spacial score (nSPS) is 17.1. The van der Waals surface area contributed by atoms with E-state index in [1.54, 1.807) is 18.4 Å². The van der Waals surface area contributed by atoms with Crippen LogP contribution in [0.25, 0.3) is 11.7 Å². The van der Waals surface area contributed by atoms with Crippen molar-refractivity contribution in [1.29, 1.82) is 0 Å². The summed E-state index contributed by atoms with van der Waals surface area (Å²) in [5, 5.41) is 12.7. The number of furan rings is 1. The molecule has 0 radical (unpaired) electrons. The third kappa shape index (κ3) is 3.47. The highest BCUT2D eigenvalue weighted by molar-refractivity contribution is 5.69. The molecule has 1 fully saturated rings. The lowest BCUT2D eigenvalue weighted by molar-refractivity contribution is -0.138. The van der Waals surface area contributed by atoms with Gasteiger partial charge in [-0.2, -0.15) is 4.98 Å². The number of rotatable bonds is 5. The van der Waals surface area contributed by atoms with Crippen LogP contribution in [0.2, 0.25) is 0 Å². The lowest BCUT2D eigenvalue weighted by Crippen LogP contribution is -2.47. The number of carboxylic acids is 1. The molecule has 2 aromatic heterocycles. The van der Waals surface area contributed by atoms with E-state index in [0.29, 0.717) is 24.0 Å². The van der Waals surface area contributed by atoms with Crippen molar-refractivity contribution in [3.8, 4) is 11.7 Å². The van der Waals surface area contributed by atoms with E-state index in [-0.39, 0.29) is 6.54 Å². The molecule has 0 unspecified atom stereocenters. The fraction of sp³-hybridized carbons (Fsp3) is 0.462. The van der Waals surface area contributed by atoms with Gasteiger partial charge in [-0.05, 0) is 12.1 Å². The van der Waals surface area contributed by atoms with E-state index in [2.05, 4.69) is 15.0 Å². The molecule has 8 heteroatoms. The van der Waals surface area contributed by atoms with Crippen LogP contribution >= 0.6 is 0 Å². The summed E-state index contributed by atoms with van der Waals surface area (Å²) < 4.78 is 10.4. The monoisotopic (exact) mass is 292 g/mol. The molecular weight excluding hydrogens is 276 g/mol. The summed E-state index contributed by atoms with van der Waals surface area (Å²) in [4.78, 5) is 19.0. The summed E-state index contributed by atoms with van der Waals surface area (Å²) in [7, 11) is 0. The predicted molar refractivity (Wildman–Crippen MR) is 71.4 cm³/mol. The largest absolute Gasteiger partial charge is 0.480 e. The topological polar surface area (TPSA) is 95.8 Å². The number of aliphatic carboxylic acids is 1. The van der Waals surface area contributed by atoms with Gasteiger partial charge in [0.25, 0.3) is 5.89 Å². The third-order valence-corrected chi connectivity index (χ3v) is 3.39.